The summed E-state index contributed by atoms with van der Waals surface area (Å²) in [7, 11) is 0. The van der Waals surface area contributed by atoms with Crippen LogP contribution in [0.25, 0.3) is 0 Å². The van der Waals surface area contributed by atoms with Crippen LogP contribution < -0.4 is 5.56 Å². The minimum Gasteiger partial charge on any atom is -0.444 e. The normalized spacial score (nSPS) is 25.3. The number of piperidine rings is 1. The second-order valence-corrected chi connectivity index (χ2v) is 7.99. The van der Waals surface area contributed by atoms with Gasteiger partial charge in [0.2, 0.25) is 0 Å². The minimum atomic E-state index is -0.509. The lowest BCUT2D eigenvalue weighted by Crippen LogP contribution is -2.51. The molecule has 1 saturated heterocycles. The SMILES string of the molecule is CC1CN(C(=O)OC(C)(C)C)CCC1(C)c1cc(Cl)c[nH]c1=O. The number of rotatable bonds is 1. The number of nitrogens with zero attached hydrogens (tertiary/aromatic N) is 1. The molecule has 1 aromatic rings. The van der Waals surface area contributed by atoms with Crippen molar-refractivity contribution < 1.29 is 9.53 Å². The van der Waals surface area contributed by atoms with E-state index in [0.29, 0.717) is 30.1 Å². The van der Waals surface area contributed by atoms with Gasteiger partial charge < -0.3 is 14.6 Å². The molecule has 1 N–H and O–H groups in total. The average molecular weight is 341 g/mol. The fourth-order valence-electron chi connectivity index (χ4n) is 3.01. The third-order valence-electron chi connectivity index (χ3n) is 4.62. The number of H-pyrrole nitrogens is 1. The Morgan fingerprint density at radius 1 is 1.48 bits per heavy atom. The van der Waals surface area contributed by atoms with Gasteiger partial charge in [0.15, 0.2) is 0 Å². The van der Waals surface area contributed by atoms with E-state index in [0.717, 1.165) is 0 Å². The second kappa shape index (κ2) is 6.19. The maximum absolute atomic E-state index is 12.2. The fraction of sp³-hybridized carbons (Fsp3) is 0.647. The Labute approximate surface area is 142 Å². The lowest BCUT2D eigenvalue weighted by molar-refractivity contribution is 0.00912. The van der Waals surface area contributed by atoms with Crippen LogP contribution in [0.4, 0.5) is 4.79 Å². The number of pyridine rings is 1. The van der Waals surface area contributed by atoms with Gasteiger partial charge in [0.25, 0.3) is 5.56 Å². The molecule has 1 amide bonds. The van der Waals surface area contributed by atoms with E-state index in [4.69, 9.17) is 16.3 Å². The maximum atomic E-state index is 12.2. The molecule has 1 aromatic heterocycles. The molecule has 6 heteroatoms. The molecule has 0 radical (unpaired) electrons. The Morgan fingerprint density at radius 2 is 2.13 bits per heavy atom. The van der Waals surface area contributed by atoms with Crippen LogP contribution in [0.1, 0.15) is 46.6 Å². The first-order chi connectivity index (χ1) is 10.5. The van der Waals surface area contributed by atoms with E-state index in [1.54, 1.807) is 11.0 Å². The number of amides is 1. The zero-order valence-corrected chi connectivity index (χ0v) is 15.2. The molecule has 0 saturated carbocycles. The molecule has 5 nitrogen and oxygen atoms in total. The minimum absolute atomic E-state index is 0.114. The molecule has 2 unspecified atom stereocenters. The van der Waals surface area contributed by atoms with Gasteiger partial charge in [0.1, 0.15) is 5.60 Å². The van der Waals surface area contributed by atoms with E-state index in [1.807, 2.05) is 20.8 Å². The van der Waals surface area contributed by atoms with Crippen molar-refractivity contribution in [3.63, 3.8) is 0 Å². The Hall–Kier alpha value is -1.49. The highest BCUT2D eigenvalue weighted by atomic mass is 35.5. The van der Waals surface area contributed by atoms with Gasteiger partial charge in [-0.05, 0) is 39.2 Å². The first-order valence-corrected chi connectivity index (χ1v) is 8.27. The summed E-state index contributed by atoms with van der Waals surface area (Å²) in [6.07, 6.45) is 1.89. The molecule has 0 aliphatic carbocycles. The van der Waals surface area contributed by atoms with Gasteiger partial charge in [-0.25, -0.2) is 4.79 Å². The Kier molecular flexibility index (Phi) is 4.81. The molecular weight excluding hydrogens is 316 g/mol. The number of nitrogens with one attached hydrogen (secondary N) is 1. The summed E-state index contributed by atoms with van der Waals surface area (Å²) < 4.78 is 5.44. The van der Waals surface area contributed by atoms with Crippen LogP contribution in [0.2, 0.25) is 5.02 Å². The van der Waals surface area contributed by atoms with Crippen LogP contribution in [0.15, 0.2) is 17.1 Å². The third kappa shape index (κ3) is 3.89. The Morgan fingerprint density at radius 3 is 2.70 bits per heavy atom. The number of aromatic nitrogens is 1. The van der Waals surface area contributed by atoms with Crippen LogP contribution in [0.5, 0.6) is 0 Å². The topological polar surface area (TPSA) is 62.4 Å². The monoisotopic (exact) mass is 340 g/mol. The second-order valence-electron chi connectivity index (χ2n) is 7.56. The Bertz CT molecular complexity index is 650. The molecular formula is C17H25ClN2O3. The maximum Gasteiger partial charge on any atom is 0.410 e. The van der Waals surface area contributed by atoms with Gasteiger partial charge >= 0.3 is 6.09 Å². The van der Waals surface area contributed by atoms with Gasteiger partial charge in [-0.3, -0.25) is 4.79 Å². The predicted octanol–water partition coefficient (Wildman–Crippen LogP) is 3.56. The third-order valence-corrected chi connectivity index (χ3v) is 4.84. The van der Waals surface area contributed by atoms with E-state index < -0.39 is 5.60 Å². The van der Waals surface area contributed by atoms with Crippen LogP contribution in [0, 0.1) is 5.92 Å². The van der Waals surface area contributed by atoms with Crippen molar-refractivity contribution in [3.05, 3.63) is 33.2 Å². The molecule has 0 aromatic carbocycles. The zero-order valence-electron chi connectivity index (χ0n) is 14.4. The van der Waals surface area contributed by atoms with Crippen molar-refractivity contribution in [2.75, 3.05) is 13.1 Å². The van der Waals surface area contributed by atoms with E-state index in [2.05, 4.69) is 18.8 Å². The highest BCUT2D eigenvalue weighted by Gasteiger charge is 2.41. The number of carbonyl (C=O) groups is 1. The van der Waals surface area contributed by atoms with Crippen molar-refractivity contribution in [2.24, 2.45) is 5.92 Å². The number of hydrogen-bond acceptors (Lipinski definition) is 3. The molecule has 2 rings (SSSR count). The van der Waals surface area contributed by atoms with Gasteiger partial charge in [-0.2, -0.15) is 0 Å². The quantitative estimate of drug-likeness (QED) is 0.850. The highest BCUT2D eigenvalue weighted by Crippen LogP contribution is 2.38. The van der Waals surface area contributed by atoms with Crippen molar-refractivity contribution >= 4 is 17.7 Å². The molecule has 2 heterocycles. The first kappa shape index (κ1) is 17.9. The molecule has 0 spiro atoms. The summed E-state index contributed by atoms with van der Waals surface area (Å²) in [6.45, 7) is 10.8. The van der Waals surface area contributed by atoms with Gasteiger partial charge in [-0.15, -0.1) is 0 Å². The van der Waals surface area contributed by atoms with Crippen molar-refractivity contribution in [1.82, 2.24) is 9.88 Å². The van der Waals surface area contributed by atoms with Crippen LogP contribution in [-0.2, 0) is 10.2 Å². The highest BCUT2D eigenvalue weighted by molar-refractivity contribution is 6.30. The average Bonchev–Trinajstić information content (AvgIpc) is 2.42. The summed E-state index contributed by atoms with van der Waals surface area (Å²) in [4.78, 5) is 28.8. The van der Waals surface area contributed by atoms with Crippen molar-refractivity contribution in [2.45, 2.75) is 52.1 Å². The zero-order chi connectivity index (χ0) is 17.4. The molecule has 128 valence electrons. The van der Waals surface area contributed by atoms with Crippen molar-refractivity contribution in [1.29, 1.82) is 0 Å². The Balaban J connectivity index is 2.19. The summed E-state index contributed by atoms with van der Waals surface area (Å²) >= 11 is 6.04. The van der Waals surface area contributed by atoms with Crippen LogP contribution >= 0.6 is 11.6 Å². The summed E-state index contributed by atoms with van der Waals surface area (Å²) in [6, 6.07) is 1.74. The van der Waals surface area contributed by atoms with E-state index >= 15 is 0 Å². The number of likely N-dealkylation sites (tertiary alicyclic amines) is 1. The molecule has 2 atom stereocenters. The summed E-state index contributed by atoms with van der Waals surface area (Å²) in [5.74, 6) is 0.114. The number of halogens is 1. The van der Waals surface area contributed by atoms with Gasteiger partial charge in [0.05, 0.1) is 5.02 Å². The van der Waals surface area contributed by atoms with Crippen LogP contribution in [0.3, 0.4) is 0 Å². The largest absolute Gasteiger partial charge is 0.444 e. The van der Waals surface area contributed by atoms with Gasteiger partial charge in [-0.1, -0.05) is 25.4 Å². The van der Waals surface area contributed by atoms with Gasteiger partial charge in [0, 0.05) is 30.3 Å². The smallest absolute Gasteiger partial charge is 0.410 e. The number of hydrogen-bond donors (Lipinski definition) is 1. The first-order valence-electron chi connectivity index (χ1n) is 7.89. The number of carbonyl (C=O) groups excluding carboxylic acids is 1. The van der Waals surface area contributed by atoms with Crippen molar-refractivity contribution in [3.8, 4) is 0 Å². The van der Waals surface area contributed by atoms with E-state index in [-0.39, 0.29) is 23.0 Å². The lowest BCUT2D eigenvalue weighted by atomic mass is 9.68. The summed E-state index contributed by atoms with van der Waals surface area (Å²) in [5, 5.41) is 0.516. The van der Waals surface area contributed by atoms with E-state index in [9.17, 15) is 9.59 Å². The standard InChI is InChI=1S/C17H25ClN2O3/c1-11-10-20(15(22)23-16(2,3)4)7-6-17(11,5)13-8-12(18)9-19-14(13)21/h8-9,11H,6-7,10H2,1-5H3,(H,19,21). The summed E-state index contributed by atoms with van der Waals surface area (Å²) in [5.41, 5.74) is -0.266. The molecule has 1 fully saturated rings. The number of ether oxygens (including phenoxy) is 1. The molecule has 1 aliphatic heterocycles. The van der Waals surface area contributed by atoms with Crippen LogP contribution in [-0.4, -0.2) is 34.7 Å². The fourth-order valence-corrected chi connectivity index (χ4v) is 3.17. The predicted molar refractivity (Wildman–Crippen MR) is 91.0 cm³/mol. The van der Waals surface area contributed by atoms with E-state index in [1.165, 1.54) is 6.20 Å². The lowest BCUT2D eigenvalue weighted by Gasteiger charge is -2.44. The molecule has 23 heavy (non-hydrogen) atoms. The number of aromatic amines is 1. The molecule has 1 aliphatic rings. The molecule has 0 bridgehead atoms.